The molecule has 106 valence electrons. The van der Waals surface area contributed by atoms with E-state index in [0.717, 1.165) is 13.7 Å². The zero-order valence-electron chi connectivity index (χ0n) is 10.8. The standard InChI is InChI=1S/C11H14N6O3/c1-3-6-15-9(18)16(7-4-2)11(20)17(10(15)19)8-5-13-14-12/h3-4H,1-2,5-8H2. The molecule has 0 fully saturated rings. The summed E-state index contributed by atoms with van der Waals surface area (Å²) in [7, 11) is 0. The summed E-state index contributed by atoms with van der Waals surface area (Å²) < 4.78 is 2.62. The van der Waals surface area contributed by atoms with Gasteiger partial charge in [0, 0.05) is 18.0 Å². The van der Waals surface area contributed by atoms with E-state index in [9.17, 15) is 14.4 Å². The van der Waals surface area contributed by atoms with E-state index in [4.69, 9.17) is 5.53 Å². The maximum Gasteiger partial charge on any atom is 0.336 e. The summed E-state index contributed by atoms with van der Waals surface area (Å²) in [6.07, 6.45) is 2.76. The molecule has 9 heteroatoms. The number of nitrogens with zero attached hydrogens (tertiary/aromatic N) is 6. The van der Waals surface area contributed by atoms with E-state index in [1.54, 1.807) is 0 Å². The molecular formula is C11H14N6O3. The van der Waals surface area contributed by atoms with Crippen molar-refractivity contribution in [3.05, 3.63) is 67.2 Å². The Kier molecular flexibility index (Phi) is 5.31. The highest BCUT2D eigenvalue weighted by Gasteiger charge is 2.13. The summed E-state index contributed by atoms with van der Waals surface area (Å²) in [6, 6.07) is 0. The van der Waals surface area contributed by atoms with Gasteiger partial charge in [-0.2, -0.15) is 0 Å². The molecule has 0 N–H and O–H groups in total. The van der Waals surface area contributed by atoms with E-state index in [1.165, 1.54) is 12.2 Å². The van der Waals surface area contributed by atoms with Gasteiger partial charge in [-0.25, -0.2) is 28.1 Å². The first-order valence-electron chi connectivity index (χ1n) is 5.75. The molecule has 0 aromatic carbocycles. The van der Waals surface area contributed by atoms with Gasteiger partial charge in [0.2, 0.25) is 0 Å². The minimum Gasteiger partial charge on any atom is -0.247 e. The molecule has 1 aromatic heterocycles. The lowest BCUT2D eigenvalue weighted by atomic mass is 10.5. The fraction of sp³-hybridized carbons (Fsp3) is 0.364. The molecule has 0 radical (unpaired) electrons. The van der Waals surface area contributed by atoms with Crippen LogP contribution in [0.5, 0.6) is 0 Å². The van der Waals surface area contributed by atoms with Gasteiger partial charge in [-0.1, -0.05) is 17.3 Å². The van der Waals surface area contributed by atoms with Crippen molar-refractivity contribution in [3.8, 4) is 0 Å². The minimum absolute atomic E-state index is 0.0173. The molecule has 0 amide bonds. The molecule has 0 aliphatic rings. The van der Waals surface area contributed by atoms with Crippen LogP contribution in [0.1, 0.15) is 0 Å². The normalized spacial score (nSPS) is 9.80. The Morgan fingerprint density at radius 3 is 1.85 bits per heavy atom. The van der Waals surface area contributed by atoms with Crippen LogP contribution in [0, 0.1) is 0 Å². The minimum atomic E-state index is -0.756. The first-order chi connectivity index (χ1) is 9.58. The molecule has 0 saturated carbocycles. The van der Waals surface area contributed by atoms with Crippen LogP contribution in [0.3, 0.4) is 0 Å². The van der Waals surface area contributed by atoms with Gasteiger partial charge in [-0.3, -0.25) is 0 Å². The quantitative estimate of drug-likeness (QED) is 0.299. The lowest BCUT2D eigenvalue weighted by Gasteiger charge is -2.11. The second kappa shape index (κ2) is 6.95. The molecule has 9 nitrogen and oxygen atoms in total. The lowest BCUT2D eigenvalue weighted by Crippen LogP contribution is -2.54. The first-order valence-corrected chi connectivity index (χ1v) is 5.75. The largest absolute Gasteiger partial charge is 0.336 e. The monoisotopic (exact) mass is 278 g/mol. The second-order valence-electron chi connectivity index (χ2n) is 3.75. The van der Waals surface area contributed by atoms with Gasteiger partial charge in [0.1, 0.15) is 0 Å². The Balaban J connectivity index is 3.56. The molecule has 0 spiro atoms. The Hall–Kier alpha value is -2.80. The highest BCUT2D eigenvalue weighted by molar-refractivity contribution is 4.84. The molecule has 1 aromatic rings. The number of aromatic nitrogens is 3. The zero-order chi connectivity index (χ0) is 15.1. The predicted octanol–water partition coefficient (Wildman–Crippen LogP) is -0.146. The van der Waals surface area contributed by atoms with Crippen molar-refractivity contribution < 1.29 is 0 Å². The maximum absolute atomic E-state index is 12.1. The van der Waals surface area contributed by atoms with Crippen molar-refractivity contribution in [1.82, 2.24) is 13.7 Å². The molecule has 1 rings (SSSR count). The van der Waals surface area contributed by atoms with Crippen molar-refractivity contribution in [3.63, 3.8) is 0 Å². The summed E-state index contributed by atoms with van der Waals surface area (Å²) in [6.45, 7) is 6.72. The number of hydrogen-bond acceptors (Lipinski definition) is 4. The zero-order valence-corrected chi connectivity index (χ0v) is 10.8. The average Bonchev–Trinajstić information content (AvgIpc) is 2.43. The fourth-order valence-corrected chi connectivity index (χ4v) is 1.63. The van der Waals surface area contributed by atoms with Crippen LogP contribution in [0.15, 0.2) is 44.8 Å². The number of rotatable bonds is 7. The van der Waals surface area contributed by atoms with Gasteiger partial charge >= 0.3 is 17.1 Å². The third kappa shape index (κ3) is 2.96. The molecule has 0 aliphatic carbocycles. The van der Waals surface area contributed by atoms with E-state index in [2.05, 4.69) is 23.2 Å². The molecule has 20 heavy (non-hydrogen) atoms. The van der Waals surface area contributed by atoms with Crippen LogP contribution in [0.4, 0.5) is 0 Å². The third-order valence-corrected chi connectivity index (χ3v) is 2.50. The van der Waals surface area contributed by atoms with Crippen molar-refractivity contribution in [2.24, 2.45) is 5.11 Å². The van der Waals surface area contributed by atoms with Gasteiger partial charge in [0.25, 0.3) is 0 Å². The predicted molar refractivity (Wildman–Crippen MR) is 73.6 cm³/mol. The SMILES string of the molecule is C=CCn1c(=O)n(CC=C)c(=O)n(CCN=[N+]=[N-])c1=O. The highest BCUT2D eigenvalue weighted by Crippen LogP contribution is 1.81. The molecule has 0 atom stereocenters. The van der Waals surface area contributed by atoms with Gasteiger partial charge in [-0.15, -0.1) is 13.2 Å². The van der Waals surface area contributed by atoms with Gasteiger partial charge in [-0.05, 0) is 5.53 Å². The molecule has 0 saturated heterocycles. The molecule has 0 aliphatic heterocycles. The Labute approximate surface area is 113 Å². The Morgan fingerprint density at radius 2 is 1.45 bits per heavy atom. The molecule has 1 heterocycles. The van der Waals surface area contributed by atoms with Crippen molar-refractivity contribution in [2.45, 2.75) is 19.6 Å². The average molecular weight is 278 g/mol. The first kappa shape index (κ1) is 15.3. The topological polar surface area (TPSA) is 115 Å². The van der Waals surface area contributed by atoms with Crippen LogP contribution < -0.4 is 17.1 Å². The van der Waals surface area contributed by atoms with Crippen LogP contribution in [0.25, 0.3) is 10.4 Å². The Bertz CT molecular complexity index is 684. The van der Waals surface area contributed by atoms with E-state index >= 15 is 0 Å². The smallest absolute Gasteiger partial charge is 0.247 e. The van der Waals surface area contributed by atoms with Gasteiger partial charge < -0.3 is 0 Å². The summed E-state index contributed by atoms with van der Waals surface area (Å²) in [4.78, 5) is 38.7. The van der Waals surface area contributed by atoms with Gasteiger partial charge in [0.05, 0.1) is 13.1 Å². The number of azide groups is 1. The van der Waals surface area contributed by atoms with Crippen molar-refractivity contribution >= 4 is 0 Å². The fourth-order valence-electron chi connectivity index (χ4n) is 1.63. The molecule has 0 unspecified atom stereocenters. The van der Waals surface area contributed by atoms with E-state index < -0.39 is 17.1 Å². The highest BCUT2D eigenvalue weighted by atomic mass is 16.2. The summed E-state index contributed by atoms with van der Waals surface area (Å²) >= 11 is 0. The van der Waals surface area contributed by atoms with Crippen molar-refractivity contribution in [2.75, 3.05) is 6.54 Å². The van der Waals surface area contributed by atoms with Crippen LogP contribution >= 0.6 is 0 Å². The molecular weight excluding hydrogens is 264 g/mol. The Morgan fingerprint density at radius 1 is 1.00 bits per heavy atom. The number of hydrogen-bond donors (Lipinski definition) is 0. The van der Waals surface area contributed by atoms with E-state index in [0.29, 0.717) is 0 Å². The summed E-state index contributed by atoms with van der Waals surface area (Å²) in [5, 5.41) is 3.27. The maximum atomic E-state index is 12.1. The van der Waals surface area contributed by atoms with Crippen LogP contribution in [-0.2, 0) is 19.6 Å². The molecule has 0 bridgehead atoms. The third-order valence-electron chi connectivity index (χ3n) is 2.50. The summed E-state index contributed by atoms with van der Waals surface area (Å²) in [5.41, 5.74) is 5.98. The van der Waals surface area contributed by atoms with Crippen LogP contribution in [-0.4, -0.2) is 20.2 Å². The number of allylic oxidation sites excluding steroid dienone is 2. The van der Waals surface area contributed by atoms with E-state index in [1.807, 2.05) is 0 Å². The van der Waals surface area contributed by atoms with Crippen molar-refractivity contribution in [1.29, 1.82) is 0 Å². The lowest BCUT2D eigenvalue weighted by molar-refractivity contribution is 0.482. The van der Waals surface area contributed by atoms with Gasteiger partial charge in [0.15, 0.2) is 0 Å². The van der Waals surface area contributed by atoms with E-state index in [-0.39, 0.29) is 26.2 Å². The van der Waals surface area contributed by atoms with Crippen LogP contribution in [0.2, 0.25) is 0 Å². The summed E-state index contributed by atoms with van der Waals surface area (Å²) in [5.74, 6) is 0. The second-order valence-corrected chi connectivity index (χ2v) is 3.75.